The van der Waals surface area contributed by atoms with Crippen molar-refractivity contribution in [2.24, 2.45) is 0 Å². The van der Waals surface area contributed by atoms with Crippen molar-refractivity contribution in [3.8, 4) is 0 Å². The average Bonchev–Trinajstić information content (AvgIpc) is 2.31. The summed E-state index contributed by atoms with van der Waals surface area (Å²) < 4.78 is 5.33. The molecule has 1 saturated heterocycles. The van der Waals surface area contributed by atoms with Crippen molar-refractivity contribution in [1.29, 1.82) is 0 Å². The standard InChI is InChI=1S/C13H20ClN3O/c1-13(2,3)11-10(14)8-15-12(17-11)16-9-4-6-18-7-5-9/h8-9H,4-7H2,1-3H3,(H,15,16,17). The Kier molecular flexibility index (Phi) is 4.07. The van der Waals surface area contributed by atoms with E-state index in [0.29, 0.717) is 17.0 Å². The van der Waals surface area contributed by atoms with Crippen molar-refractivity contribution in [2.75, 3.05) is 18.5 Å². The molecule has 1 aliphatic rings. The number of hydrogen-bond donors (Lipinski definition) is 1. The van der Waals surface area contributed by atoms with E-state index in [4.69, 9.17) is 16.3 Å². The first-order chi connectivity index (χ1) is 8.47. The fourth-order valence-electron chi connectivity index (χ4n) is 1.99. The second-order valence-corrected chi connectivity index (χ2v) is 6.08. The molecular weight excluding hydrogens is 250 g/mol. The van der Waals surface area contributed by atoms with E-state index in [-0.39, 0.29) is 5.41 Å². The van der Waals surface area contributed by atoms with E-state index in [2.05, 4.69) is 36.1 Å². The highest BCUT2D eigenvalue weighted by atomic mass is 35.5. The van der Waals surface area contributed by atoms with Crippen LogP contribution in [0.4, 0.5) is 5.95 Å². The molecule has 18 heavy (non-hydrogen) atoms. The van der Waals surface area contributed by atoms with Crippen molar-refractivity contribution in [2.45, 2.75) is 45.1 Å². The molecule has 1 aromatic heterocycles. The van der Waals surface area contributed by atoms with E-state index in [1.165, 1.54) is 0 Å². The van der Waals surface area contributed by atoms with Crippen LogP contribution in [-0.4, -0.2) is 29.2 Å². The number of aromatic nitrogens is 2. The van der Waals surface area contributed by atoms with Crippen LogP contribution in [0.5, 0.6) is 0 Å². The summed E-state index contributed by atoms with van der Waals surface area (Å²) in [5.41, 5.74) is 0.806. The lowest BCUT2D eigenvalue weighted by atomic mass is 9.92. The minimum Gasteiger partial charge on any atom is -0.381 e. The number of hydrogen-bond acceptors (Lipinski definition) is 4. The fourth-order valence-corrected chi connectivity index (χ4v) is 2.36. The second kappa shape index (κ2) is 5.41. The summed E-state index contributed by atoms with van der Waals surface area (Å²) in [4.78, 5) is 8.79. The highest BCUT2D eigenvalue weighted by Gasteiger charge is 2.21. The first kappa shape index (κ1) is 13.6. The lowest BCUT2D eigenvalue weighted by Gasteiger charge is -2.24. The summed E-state index contributed by atoms with van der Waals surface area (Å²) in [6, 6.07) is 0.396. The molecule has 0 bridgehead atoms. The summed E-state index contributed by atoms with van der Waals surface area (Å²) in [6.07, 6.45) is 3.67. The Bertz CT molecular complexity index is 411. The molecule has 100 valence electrons. The Morgan fingerprint density at radius 2 is 2.00 bits per heavy atom. The molecule has 4 nitrogen and oxygen atoms in total. The maximum absolute atomic E-state index is 6.15. The Labute approximate surface area is 113 Å². The fraction of sp³-hybridized carbons (Fsp3) is 0.692. The molecular formula is C13H20ClN3O. The van der Waals surface area contributed by atoms with Crippen molar-refractivity contribution >= 4 is 17.5 Å². The van der Waals surface area contributed by atoms with Crippen LogP contribution in [0.15, 0.2) is 6.20 Å². The highest BCUT2D eigenvalue weighted by molar-refractivity contribution is 6.31. The van der Waals surface area contributed by atoms with Crippen LogP contribution in [0, 0.1) is 0 Å². The largest absolute Gasteiger partial charge is 0.381 e. The number of ether oxygens (including phenoxy) is 1. The van der Waals surface area contributed by atoms with Crippen LogP contribution in [0.2, 0.25) is 5.02 Å². The average molecular weight is 270 g/mol. The molecule has 1 aromatic rings. The molecule has 1 aliphatic heterocycles. The van der Waals surface area contributed by atoms with E-state index in [1.807, 2.05) is 0 Å². The van der Waals surface area contributed by atoms with Crippen molar-refractivity contribution < 1.29 is 4.74 Å². The highest BCUT2D eigenvalue weighted by Crippen LogP contribution is 2.28. The molecule has 0 aliphatic carbocycles. The van der Waals surface area contributed by atoms with Crippen LogP contribution in [0.25, 0.3) is 0 Å². The van der Waals surface area contributed by atoms with Gasteiger partial charge in [-0.25, -0.2) is 9.97 Å². The molecule has 0 amide bonds. The third kappa shape index (κ3) is 3.33. The van der Waals surface area contributed by atoms with Crippen molar-refractivity contribution in [1.82, 2.24) is 9.97 Å². The van der Waals surface area contributed by atoms with Crippen LogP contribution >= 0.6 is 11.6 Å². The predicted molar refractivity (Wildman–Crippen MR) is 73.2 cm³/mol. The minimum atomic E-state index is -0.0773. The molecule has 1 fully saturated rings. The van der Waals surface area contributed by atoms with Gasteiger partial charge in [-0.15, -0.1) is 0 Å². The van der Waals surface area contributed by atoms with Gasteiger partial charge in [-0.2, -0.15) is 0 Å². The molecule has 0 atom stereocenters. The van der Waals surface area contributed by atoms with Gasteiger partial charge < -0.3 is 10.1 Å². The van der Waals surface area contributed by atoms with Crippen molar-refractivity contribution in [3.05, 3.63) is 16.9 Å². The summed E-state index contributed by atoms with van der Waals surface area (Å²) in [7, 11) is 0. The predicted octanol–water partition coefficient (Wildman–Crippen LogP) is 3.02. The van der Waals surface area contributed by atoms with Gasteiger partial charge in [0.15, 0.2) is 0 Å². The zero-order chi connectivity index (χ0) is 13.2. The van der Waals surface area contributed by atoms with Gasteiger partial charge in [0.2, 0.25) is 5.95 Å². The minimum absolute atomic E-state index is 0.0773. The Morgan fingerprint density at radius 1 is 1.33 bits per heavy atom. The summed E-state index contributed by atoms with van der Waals surface area (Å²) >= 11 is 6.15. The van der Waals surface area contributed by atoms with Gasteiger partial charge in [-0.1, -0.05) is 32.4 Å². The number of anilines is 1. The maximum Gasteiger partial charge on any atom is 0.223 e. The first-order valence-corrected chi connectivity index (χ1v) is 6.72. The third-order valence-corrected chi connectivity index (χ3v) is 3.29. The van der Waals surface area contributed by atoms with E-state index < -0.39 is 0 Å². The summed E-state index contributed by atoms with van der Waals surface area (Å²) in [5.74, 6) is 0.663. The normalized spacial score (nSPS) is 17.8. The van der Waals surface area contributed by atoms with Gasteiger partial charge in [-0.3, -0.25) is 0 Å². The molecule has 5 heteroatoms. The Morgan fingerprint density at radius 3 is 2.61 bits per heavy atom. The van der Waals surface area contributed by atoms with Gasteiger partial charge in [0, 0.05) is 24.7 Å². The number of nitrogens with one attached hydrogen (secondary N) is 1. The molecule has 2 heterocycles. The van der Waals surface area contributed by atoms with E-state index in [1.54, 1.807) is 6.20 Å². The van der Waals surface area contributed by atoms with E-state index in [9.17, 15) is 0 Å². The molecule has 2 rings (SSSR count). The molecule has 1 N–H and O–H groups in total. The number of nitrogens with zero attached hydrogens (tertiary/aromatic N) is 2. The van der Waals surface area contributed by atoms with Crippen LogP contribution in [-0.2, 0) is 10.2 Å². The molecule has 0 aromatic carbocycles. The van der Waals surface area contributed by atoms with Crippen LogP contribution in [0.3, 0.4) is 0 Å². The zero-order valence-corrected chi connectivity index (χ0v) is 11.9. The maximum atomic E-state index is 6.15. The smallest absolute Gasteiger partial charge is 0.223 e. The van der Waals surface area contributed by atoms with Gasteiger partial charge in [0.1, 0.15) is 0 Å². The number of rotatable bonds is 2. The van der Waals surface area contributed by atoms with E-state index in [0.717, 1.165) is 31.7 Å². The van der Waals surface area contributed by atoms with E-state index >= 15 is 0 Å². The topological polar surface area (TPSA) is 47.0 Å². The van der Waals surface area contributed by atoms with Gasteiger partial charge in [0.25, 0.3) is 0 Å². The summed E-state index contributed by atoms with van der Waals surface area (Å²) in [5, 5.41) is 3.98. The third-order valence-electron chi connectivity index (χ3n) is 3.01. The van der Waals surface area contributed by atoms with Crippen LogP contribution < -0.4 is 5.32 Å². The van der Waals surface area contributed by atoms with Gasteiger partial charge >= 0.3 is 0 Å². The van der Waals surface area contributed by atoms with Crippen LogP contribution in [0.1, 0.15) is 39.3 Å². The Balaban J connectivity index is 2.14. The SMILES string of the molecule is CC(C)(C)c1nc(NC2CCOCC2)ncc1Cl. The van der Waals surface area contributed by atoms with Crippen molar-refractivity contribution in [3.63, 3.8) is 0 Å². The molecule has 0 unspecified atom stereocenters. The lowest BCUT2D eigenvalue weighted by molar-refractivity contribution is 0.0903. The molecule has 0 saturated carbocycles. The first-order valence-electron chi connectivity index (χ1n) is 6.34. The molecule has 0 spiro atoms. The lowest BCUT2D eigenvalue weighted by Crippen LogP contribution is -2.29. The molecule has 0 radical (unpaired) electrons. The Hall–Kier alpha value is -0.870. The summed E-state index contributed by atoms with van der Waals surface area (Å²) in [6.45, 7) is 7.90. The second-order valence-electron chi connectivity index (χ2n) is 5.67. The quantitative estimate of drug-likeness (QED) is 0.897. The monoisotopic (exact) mass is 269 g/mol. The van der Waals surface area contributed by atoms with Gasteiger partial charge in [-0.05, 0) is 12.8 Å². The number of halogens is 1. The van der Waals surface area contributed by atoms with Gasteiger partial charge in [0.05, 0.1) is 16.9 Å². The zero-order valence-electron chi connectivity index (χ0n) is 11.2.